The van der Waals surface area contributed by atoms with Gasteiger partial charge >= 0.3 is 0 Å². The van der Waals surface area contributed by atoms with Gasteiger partial charge in [-0.1, -0.05) is 32.0 Å². The van der Waals surface area contributed by atoms with Gasteiger partial charge in [-0.15, -0.1) is 0 Å². The van der Waals surface area contributed by atoms with E-state index < -0.39 is 0 Å². The van der Waals surface area contributed by atoms with Crippen molar-refractivity contribution in [2.24, 2.45) is 5.92 Å². The molecule has 0 amide bonds. The van der Waals surface area contributed by atoms with Gasteiger partial charge in [0.25, 0.3) is 0 Å². The van der Waals surface area contributed by atoms with Crippen molar-refractivity contribution in [3.05, 3.63) is 42.2 Å². The number of nitrogens with one attached hydrogen (secondary N) is 1. The summed E-state index contributed by atoms with van der Waals surface area (Å²) in [5, 5.41) is 5.79. The molecule has 0 saturated carbocycles. The SMILES string of the molecule is CNC(c1cccc2ccncc12)C(OC)C(C)C. The van der Waals surface area contributed by atoms with Crippen LogP contribution in [0.4, 0.5) is 0 Å². The van der Waals surface area contributed by atoms with Crippen LogP contribution in [0.3, 0.4) is 0 Å². The van der Waals surface area contributed by atoms with Crippen molar-refractivity contribution < 1.29 is 4.74 Å². The number of benzene rings is 1. The third-order valence-electron chi connectivity index (χ3n) is 3.62. The lowest BCUT2D eigenvalue weighted by atomic mass is 9.91. The Balaban J connectivity index is 2.51. The van der Waals surface area contributed by atoms with Gasteiger partial charge in [0, 0.05) is 24.9 Å². The standard InChI is InChI=1S/C16H22N2O/c1-11(2)16(19-4)15(17-3)13-7-5-6-12-8-9-18-10-14(12)13/h5-11,15-17H,1-4H3. The van der Waals surface area contributed by atoms with Crippen LogP contribution in [0.25, 0.3) is 10.8 Å². The Morgan fingerprint density at radius 1 is 1.21 bits per heavy atom. The summed E-state index contributed by atoms with van der Waals surface area (Å²) < 4.78 is 5.69. The van der Waals surface area contributed by atoms with E-state index in [9.17, 15) is 0 Å². The zero-order valence-corrected chi connectivity index (χ0v) is 12.1. The Bertz CT molecular complexity index is 534. The predicted molar refractivity (Wildman–Crippen MR) is 79.2 cm³/mol. The van der Waals surface area contributed by atoms with Crippen LogP contribution in [-0.4, -0.2) is 25.2 Å². The van der Waals surface area contributed by atoms with Gasteiger partial charge in [-0.3, -0.25) is 4.98 Å². The molecule has 0 bridgehead atoms. The van der Waals surface area contributed by atoms with E-state index in [-0.39, 0.29) is 12.1 Å². The summed E-state index contributed by atoms with van der Waals surface area (Å²) in [6.07, 6.45) is 3.90. The zero-order valence-electron chi connectivity index (χ0n) is 12.1. The molecule has 0 saturated heterocycles. The molecule has 0 aliphatic heterocycles. The molecular formula is C16H22N2O. The minimum absolute atomic E-state index is 0.135. The lowest BCUT2D eigenvalue weighted by Gasteiger charge is -2.30. The van der Waals surface area contributed by atoms with Gasteiger partial charge in [0.2, 0.25) is 0 Å². The lowest BCUT2D eigenvalue weighted by Crippen LogP contribution is -2.34. The first-order valence-corrected chi connectivity index (χ1v) is 6.71. The number of aromatic nitrogens is 1. The molecule has 2 aromatic rings. The van der Waals surface area contributed by atoms with Gasteiger partial charge in [0.05, 0.1) is 12.1 Å². The quantitative estimate of drug-likeness (QED) is 0.894. The summed E-state index contributed by atoms with van der Waals surface area (Å²) in [5.41, 5.74) is 1.24. The monoisotopic (exact) mass is 258 g/mol. The molecule has 2 rings (SSSR count). The van der Waals surface area contributed by atoms with E-state index in [1.54, 1.807) is 7.11 Å². The second-order valence-electron chi connectivity index (χ2n) is 5.15. The van der Waals surface area contributed by atoms with Gasteiger partial charge < -0.3 is 10.1 Å². The highest BCUT2D eigenvalue weighted by molar-refractivity contribution is 5.85. The number of ether oxygens (including phenoxy) is 1. The lowest BCUT2D eigenvalue weighted by molar-refractivity contribution is 0.0352. The van der Waals surface area contributed by atoms with Crippen LogP contribution < -0.4 is 5.32 Å². The second-order valence-corrected chi connectivity index (χ2v) is 5.15. The Hall–Kier alpha value is -1.45. The highest BCUT2D eigenvalue weighted by Crippen LogP contribution is 2.29. The van der Waals surface area contributed by atoms with Crippen molar-refractivity contribution in [1.29, 1.82) is 0 Å². The molecule has 1 heterocycles. The maximum Gasteiger partial charge on any atom is 0.0788 e. The fourth-order valence-electron chi connectivity index (χ4n) is 2.70. The number of pyridine rings is 1. The summed E-state index contributed by atoms with van der Waals surface area (Å²) in [5.74, 6) is 0.439. The van der Waals surface area contributed by atoms with Crippen LogP contribution >= 0.6 is 0 Å². The summed E-state index contributed by atoms with van der Waals surface area (Å²) in [7, 11) is 3.76. The first-order chi connectivity index (χ1) is 9.19. The number of rotatable bonds is 5. The Morgan fingerprint density at radius 3 is 2.63 bits per heavy atom. The number of methoxy groups -OCH3 is 1. The van der Waals surface area contributed by atoms with Gasteiger partial charge in [0.15, 0.2) is 0 Å². The molecule has 1 N–H and O–H groups in total. The van der Waals surface area contributed by atoms with E-state index in [2.05, 4.69) is 42.3 Å². The van der Waals surface area contributed by atoms with Crippen LogP contribution in [0.2, 0.25) is 0 Å². The van der Waals surface area contributed by atoms with Crippen molar-refractivity contribution in [2.75, 3.05) is 14.2 Å². The fraction of sp³-hybridized carbons (Fsp3) is 0.438. The van der Waals surface area contributed by atoms with Crippen LogP contribution in [0.1, 0.15) is 25.5 Å². The zero-order chi connectivity index (χ0) is 13.8. The molecule has 19 heavy (non-hydrogen) atoms. The first kappa shape index (κ1) is 14.0. The number of likely N-dealkylation sites (N-methyl/N-ethyl adjacent to an activating group) is 1. The molecule has 0 aliphatic carbocycles. The average molecular weight is 258 g/mol. The topological polar surface area (TPSA) is 34.2 Å². The van der Waals surface area contributed by atoms with Crippen molar-refractivity contribution in [3.63, 3.8) is 0 Å². The number of hydrogen-bond acceptors (Lipinski definition) is 3. The third-order valence-corrected chi connectivity index (χ3v) is 3.62. The van der Waals surface area contributed by atoms with Crippen LogP contribution in [0.15, 0.2) is 36.7 Å². The highest BCUT2D eigenvalue weighted by atomic mass is 16.5. The maximum absolute atomic E-state index is 5.69. The van der Waals surface area contributed by atoms with E-state index >= 15 is 0 Å². The molecule has 0 aliphatic rings. The minimum Gasteiger partial charge on any atom is -0.379 e. The number of hydrogen-bond donors (Lipinski definition) is 1. The van der Waals surface area contributed by atoms with Crippen molar-refractivity contribution in [3.8, 4) is 0 Å². The summed E-state index contributed by atoms with van der Waals surface area (Å²) in [4.78, 5) is 4.25. The molecular weight excluding hydrogens is 236 g/mol. The van der Waals surface area contributed by atoms with Gasteiger partial charge in [0.1, 0.15) is 0 Å². The smallest absolute Gasteiger partial charge is 0.0788 e. The molecule has 102 valence electrons. The van der Waals surface area contributed by atoms with E-state index in [1.165, 1.54) is 16.3 Å². The van der Waals surface area contributed by atoms with Crippen molar-refractivity contribution in [2.45, 2.75) is 26.0 Å². The van der Waals surface area contributed by atoms with Crippen LogP contribution in [-0.2, 0) is 4.74 Å². The van der Waals surface area contributed by atoms with E-state index in [4.69, 9.17) is 4.74 Å². The van der Waals surface area contributed by atoms with E-state index in [0.29, 0.717) is 5.92 Å². The molecule has 2 atom stereocenters. The highest BCUT2D eigenvalue weighted by Gasteiger charge is 2.25. The van der Waals surface area contributed by atoms with Crippen LogP contribution in [0, 0.1) is 5.92 Å². The maximum atomic E-state index is 5.69. The summed E-state index contributed by atoms with van der Waals surface area (Å²) in [6, 6.07) is 8.57. The number of fused-ring (bicyclic) bond motifs is 1. The van der Waals surface area contributed by atoms with Gasteiger partial charge in [-0.05, 0) is 30.0 Å². The van der Waals surface area contributed by atoms with Gasteiger partial charge in [-0.25, -0.2) is 0 Å². The van der Waals surface area contributed by atoms with E-state index in [1.807, 2.05) is 25.5 Å². The Kier molecular flexibility index (Phi) is 4.51. The average Bonchev–Trinajstić information content (AvgIpc) is 2.43. The molecule has 2 unspecified atom stereocenters. The van der Waals surface area contributed by atoms with Crippen LogP contribution in [0.5, 0.6) is 0 Å². The largest absolute Gasteiger partial charge is 0.379 e. The molecule has 1 aromatic carbocycles. The second kappa shape index (κ2) is 6.13. The van der Waals surface area contributed by atoms with Gasteiger partial charge in [-0.2, -0.15) is 0 Å². The van der Waals surface area contributed by atoms with E-state index in [0.717, 1.165) is 0 Å². The first-order valence-electron chi connectivity index (χ1n) is 6.71. The summed E-state index contributed by atoms with van der Waals surface area (Å²) >= 11 is 0. The minimum atomic E-state index is 0.135. The molecule has 3 heteroatoms. The Morgan fingerprint density at radius 2 is 2.00 bits per heavy atom. The molecule has 0 fully saturated rings. The van der Waals surface area contributed by atoms with Crippen molar-refractivity contribution in [1.82, 2.24) is 10.3 Å². The normalized spacial score (nSPS) is 14.8. The Labute approximate surface area is 115 Å². The molecule has 0 radical (unpaired) electrons. The fourth-order valence-corrected chi connectivity index (χ4v) is 2.70. The molecule has 0 spiro atoms. The van der Waals surface area contributed by atoms with Crippen molar-refractivity contribution >= 4 is 10.8 Å². The molecule has 1 aromatic heterocycles. The number of nitrogens with zero attached hydrogens (tertiary/aromatic N) is 1. The summed E-state index contributed by atoms with van der Waals surface area (Å²) in [6.45, 7) is 4.36. The predicted octanol–water partition coefficient (Wildman–Crippen LogP) is 3.17. The molecule has 3 nitrogen and oxygen atoms in total. The third kappa shape index (κ3) is 2.77.